The van der Waals surface area contributed by atoms with Crippen LogP contribution in [0.4, 0.5) is 4.39 Å². The van der Waals surface area contributed by atoms with Crippen LogP contribution in [0.25, 0.3) is 0 Å². The van der Waals surface area contributed by atoms with E-state index in [-0.39, 0.29) is 5.82 Å². The molecule has 0 aliphatic heterocycles. The fourth-order valence-corrected chi connectivity index (χ4v) is 2.05. The van der Waals surface area contributed by atoms with E-state index < -0.39 is 0 Å². The van der Waals surface area contributed by atoms with Gasteiger partial charge in [0.15, 0.2) is 5.96 Å². The summed E-state index contributed by atoms with van der Waals surface area (Å²) in [4.78, 5) is 6.68. The lowest BCUT2D eigenvalue weighted by Gasteiger charge is -2.22. The Morgan fingerprint density at radius 2 is 1.95 bits per heavy atom. The first-order valence-electron chi connectivity index (χ1n) is 7.99. The van der Waals surface area contributed by atoms with Crippen LogP contribution in [0.5, 0.6) is 0 Å². The second kappa shape index (κ2) is 11.0. The van der Waals surface area contributed by atoms with Gasteiger partial charge < -0.3 is 15.0 Å². The van der Waals surface area contributed by atoms with Crippen molar-refractivity contribution in [1.82, 2.24) is 10.2 Å². The Bertz CT molecular complexity index is 434. The zero-order valence-corrected chi connectivity index (χ0v) is 13.9. The number of rotatable bonds is 9. The van der Waals surface area contributed by atoms with Crippen molar-refractivity contribution in [3.8, 4) is 0 Å². The van der Waals surface area contributed by atoms with E-state index in [2.05, 4.69) is 22.1 Å². The van der Waals surface area contributed by atoms with Crippen molar-refractivity contribution in [2.45, 2.75) is 33.2 Å². The molecule has 0 bridgehead atoms. The third kappa shape index (κ3) is 7.41. The smallest absolute Gasteiger partial charge is 0.193 e. The van der Waals surface area contributed by atoms with E-state index in [1.54, 1.807) is 12.1 Å². The average molecular weight is 309 g/mol. The van der Waals surface area contributed by atoms with Crippen LogP contribution in [0.1, 0.15) is 32.3 Å². The molecule has 1 aromatic rings. The van der Waals surface area contributed by atoms with Gasteiger partial charge in [-0.05, 0) is 44.4 Å². The molecular weight excluding hydrogens is 281 g/mol. The highest BCUT2D eigenvalue weighted by Gasteiger charge is 2.06. The number of ether oxygens (including phenoxy) is 1. The number of aliphatic imine (C=N–C) groups is 1. The number of benzene rings is 1. The molecule has 0 saturated heterocycles. The van der Waals surface area contributed by atoms with Gasteiger partial charge in [0.25, 0.3) is 0 Å². The van der Waals surface area contributed by atoms with Crippen LogP contribution in [0.15, 0.2) is 29.3 Å². The molecule has 0 saturated carbocycles. The first kappa shape index (κ1) is 18.4. The van der Waals surface area contributed by atoms with Crippen LogP contribution in [0.2, 0.25) is 0 Å². The lowest BCUT2D eigenvalue weighted by molar-refractivity contribution is 0.144. The van der Waals surface area contributed by atoms with E-state index in [4.69, 9.17) is 4.74 Å². The van der Waals surface area contributed by atoms with Crippen LogP contribution >= 0.6 is 0 Å². The lowest BCUT2D eigenvalue weighted by atomic mass is 10.2. The van der Waals surface area contributed by atoms with Crippen LogP contribution in [-0.4, -0.2) is 44.2 Å². The van der Waals surface area contributed by atoms with Crippen molar-refractivity contribution >= 4 is 5.96 Å². The Labute approximate surface area is 133 Å². The molecule has 4 nitrogen and oxygen atoms in total. The maximum Gasteiger partial charge on any atom is 0.193 e. The molecule has 0 aromatic heterocycles. The van der Waals surface area contributed by atoms with Gasteiger partial charge >= 0.3 is 0 Å². The molecule has 1 rings (SSSR count). The van der Waals surface area contributed by atoms with Gasteiger partial charge in [-0.25, -0.2) is 4.39 Å². The fraction of sp³-hybridized carbons (Fsp3) is 0.588. The largest absolute Gasteiger partial charge is 0.382 e. The molecule has 0 fully saturated rings. The first-order chi connectivity index (χ1) is 10.7. The maximum absolute atomic E-state index is 12.9. The van der Waals surface area contributed by atoms with E-state index >= 15 is 0 Å². The summed E-state index contributed by atoms with van der Waals surface area (Å²) in [5, 5.41) is 3.29. The predicted octanol–water partition coefficient (Wildman–Crippen LogP) is 3.04. The zero-order valence-electron chi connectivity index (χ0n) is 13.9. The van der Waals surface area contributed by atoms with Gasteiger partial charge in [0.2, 0.25) is 0 Å². The third-order valence-electron chi connectivity index (χ3n) is 3.19. The number of nitrogens with one attached hydrogen (secondary N) is 1. The molecule has 0 spiro atoms. The molecule has 0 atom stereocenters. The van der Waals surface area contributed by atoms with Crippen LogP contribution in [0, 0.1) is 5.82 Å². The van der Waals surface area contributed by atoms with Crippen molar-refractivity contribution in [2.24, 2.45) is 4.99 Å². The summed E-state index contributed by atoms with van der Waals surface area (Å²) in [6, 6.07) is 6.58. The number of hydrogen-bond donors (Lipinski definition) is 1. The minimum atomic E-state index is -0.207. The van der Waals surface area contributed by atoms with Crippen molar-refractivity contribution < 1.29 is 9.13 Å². The van der Waals surface area contributed by atoms with Crippen molar-refractivity contribution in [1.29, 1.82) is 0 Å². The van der Waals surface area contributed by atoms with Gasteiger partial charge in [0.05, 0.1) is 0 Å². The van der Waals surface area contributed by atoms with E-state index in [0.717, 1.165) is 50.7 Å². The minimum absolute atomic E-state index is 0.207. The van der Waals surface area contributed by atoms with Gasteiger partial charge in [-0.2, -0.15) is 0 Å². The summed E-state index contributed by atoms with van der Waals surface area (Å²) in [5.74, 6) is 0.671. The maximum atomic E-state index is 12.9. The monoisotopic (exact) mass is 309 g/mol. The second-order valence-electron chi connectivity index (χ2n) is 5.12. The Balaban J connectivity index is 2.47. The number of hydrogen-bond acceptors (Lipinski definition) is 2. The molecule has 0 unspecified atom stereocenters. The van der Waals surface area contributed by atoms with Crippen LogP contribution in [0.3, 0.4) is 0 Å². The number of nitrogens with zero attached hydrogens (tertiary/aromatic N) is 2. The van der Waals surface area contributed by atoms with Gasteiger partial charge in [-0.15, -0.1) is 0 Å². The van der Waals surface area contributed by atoms with E-state index in [0.29, 0.717) is 6.54 Å². The highest BCUT2D eigenvalue weighted by Crippen LogP contribution is 2.06. The van der Waals surface area contributed by atoms with E-state index in [1.165, 1.54) is 12.1 Å². The molecular formula is C17H28FN3O. The minimum Gasteiger partial charge on any atom is -0.382 e. The molecule has 22 heavy (non-hydrogen) atoms. The van der Waals surface area contributed by atoms with Gasteiger partial charge in [-0.3, -0.25) is 4.99 Å². The van der Waals surface area contributed by atoms with Crippen LogP contribution < -0.4 is 5.32 Å². The Morgan fingerprint density at radius 1 is 1.23 bits per heavy atom. The molecule has 0 heterocycles. The molecule has 0 radical (unpaired) electrons. The molecule has 1 aromatic carbocycles. The normalized spacial score (nSPS) is 11.5. The van der Waals surface area contributed by atoms with Crippen LogP contribution in [-0.2, 0) is 11.3 Å². The van der Waals surface area contributed by atoms with Gasteiger partial charge in [0, 0.05) is 39.9 Å². The molecule has 124 valence electrons. The molecule has 5 heteroatoms. The molecule has 0 amide bonds. The number of guanidine groups is 1. The Hall–Kier alpha value is -1.62. The molecule has 0 aliphatic carbocycles. The summed E-state index contributed by atoms with van der Waals surface area (Å²) in [5.41, 5.74) is 1.06. The number of halogens is 1. The first-order valence-corrected chi connectivity index (χ1v) is 7.99. The summed E-state index contributed by atoms with van der Waals surface area (Å²) in [6.07, 6.45) is 2.04. The van der Waals surface area contributed by atoms with E-state index in [1.807, 2.05) is 14.0 Å². The second-order valence-corrected chi connectivity index (χ2v) is 5.12. The van der Waals surface area contributed by atoms with Crippen molar-refractivity contribution in [3.05, 3.63) is 35.6 Å². The lowest BCUT2D eigenvalue weighted by Crippen LogP contribution is -2.38. The predicted molar refractivity (Wildman–Crippen MR) is 89.6 cm³/mol. The Kier molecular flexibility index (Phi) is 9.23. The topological polar surface area (TPSA) is 36.9 Å². The average Bonchev–Trinajstić information content (AvgIpc) is 2.51. The Morgan fingerprint density at radius 3 is 2.59 bits per heavy atom. The number of unbranched alkanes of at least 4 members (excludes halogenated alkanes) is 1. The highest BCUT2D eigenvalue weighted by molar-refractivity contribution is 5.79. The molecule has 1 N–H and O–H groups in total. The van der Waals surface area contributed by atoms with Gasteiger partial charge in [-0.1, -0.05) is 12.1 Å². The van der Waals surface area contributed by atoms with Gasteiger partial charge in [0.1, 0.15) is 5.82 Å². The van der Waals surface area contributed by atoms with Crippen molar-refractivity contribution in [3.63, 3.8) is 0 Å². The summed E-state index contributed by atoms with van der Waals surface area (Å²) >= 11 is 0. The highest BCUT2D eigenvalue weighted by atomic mass is 19.1. The third-order valence-corrected chi connectivity index (χ3v) is 3.19. The quantitative estimate of drug-likeness (QED) is 0.433. The van der Waals surface area contributed by atoms with Crippen molar-refractivity contribution in [2.75, 3.05) is 33.4 Å². The molecule has 0 aliphatic rings. The summed E-state index contributed by atoms with van der Waals surface area (Å²) < 4.78 is 18.3. The fourth-order valence-electron chi connectivity index (χ4n) is 2.05. The standard InChI is InChI=1S/C17H28FN3O/c1-4-19-17(20-12-6-7-13-22-5-2)21(3)14-15-8-10-16(18)11-9-15/h8-11H,4-7,12-14H2,1-3H3,(H,19,20). The zero-order chi connectivity index (χ0) is 16.2. The van der Waals surface area contributed by atoms with E-state index in [9.17, 15) is 4.39 Å². The summed E-state index contributed by atoms with van der Waals surface area (Å²) in [7, 11) is 1.99. The SMILES string of the molecule is CCNC(=NCCCCOCC)N(C)Cc1ccc(F)cc1. The summed E-state index contributed by atoms with van der Waals surface area (Å²) in [6.45, 7) is 7.93.